The van der Waals surface area contributed by atoms with Crippen LogP contribution in [0.3, 0.4) is 0 Å². The van der Waals surface area contributed by atoms with Crippen LogP contribution in [0.2, 0.25) is 0 Å². The highest BCUT2D eigenvalue weighted by atomic mass is 16.5. The van der Waals surface area contributed by atoms with E-state index in [1.165, 1.54) is 7.11 Å². The molecule has 5 heteroatoms. The van der Waals surface area contributed by atoms with E-state index in [1.54, 1.807) is 12.1 Å². The lowest BCUT2D eigenvalue weighted by molar-refractivity contribution is -0.125. The zero-order valence-electron chi connectivity index (χ0n) is 17.8. The van der Waals surface area contributed by atoms with Gasteiger partial charge in [-0.15, -0.1) is 0 Å². The molecule has 0 spiro atoms. The Morgan fingerprint density at radius 1 is 0.903 bits per heavy atom. The molecular weight excluding hydrogens is 388 g/mol. The molecule has 1 amide bonds. The Kier molecular flexibility index (Phi) is 6.14. The molecule has 0 N–H and O–H groups in total. The number of carbonyl (C=O) groups excluding carboxylic acids is 2. The average molecular weight is 415 g/mol. The zero-order valence-corrected chi connectivity index (χ0v) is 17.8. The van der Waals surface area contributed by atoms with E-state index >= 15 is 0 Å². The van der Waals surface area contributed by atoms with Crippen molar-refractivity contribution >= 4 is 17.6 Å². The van der Waals surface area contributed by atoms with Crippen molar-refractivity contribution in [2.45, 2.75) is 19.5 Å². The first-order valence-corrected chi connectivity index (χ1v) is 10.4. The molecule has 0 radical (unpaired) electrons. The first-order chi connectivity index (χ1) is 15.1. The quantitative estimate of drug-likeness (QED) is 0.582. The summed E-state index contributed by atoms with van der Waals surface area (Å²) >= 11 is 0. The molecule has 4 rings (SSSR count). The smallest absolute Gasteiger partial charge is 0.337 e. The number of piperazine rings is 1. The van der Waals surface area contributed by atoms with Gasteiger partial charge in [-0.2, -0.15) is 0 Å². The van der Waals surface area contributed by atoms with Gasteiger partial charge in [0.1, 0.15) is 0 Å². The Balaban J connectivity index is 1.42. The summed E-state index contributed by atoms with van der Waals surface area (Å²) in [6.45, 7) is 4.05. The van der Waals surface area contributed by atoms with E-state index in [1.807, 2.05) is 54.3 Å². The molecule has 1 saturated heterocycles. The zero-order chi connectivity index (χ0) is 21.8. The van der Waals surface area contributed by atoms with E-state index in [0.717, 1.165) is 28.9 Å². The highest BCUT2D eigenvalue weighted by Crippen LogP contribution is 2.26. The minimum atomic E-state index is -0.345. The van der Waals surface area contributed by atoms with E-state index in [0.29, 0.717) is 18.7 Å². The minimum absolute atomic E-state index is 0.102. The van der Waals surface area contributed by atoms with E-state index in [-0.39, 0.29) is 17.9 Å². The van der Waals surface area contributed by atoms with Crippen LogP contribution < -0.4 is 4.90 Å². The monoisotopic (exact) mass is 414 g/mol. The molecule has 1 aliphatic rings. The molecule has 0 aliphatic carbocycles. The first-order valence-electron chi connectivity index (χ1n) is 10.4. The SMILES string of the molecule is COC(=O)c1ccc(CN2CCN(c3ccc(-c4ccccc4)cc3)C(=O)C2C)cc1. The third-order valence-electron chi connectivity index (χ3n) is 5.83. The lowest BCUT2D eigenvalue weighted by Crippen LogP contribution is -2.55. The number of carbonyl (C=O) groups is 2. The second-order valence-electron chi connectivity index (χ2n) is 7.74. The van der Waals surface area contributed by atoms with Crippen LogP contribution in [0.4, 0.5) is 5.69 Å². The number of amides is 1. The van der Waals surface area contributed by atoms with Crippen molar-refractivity contribution in [2.24, 2.45) is 0 Å². The molecule has 1 unspecified atom stereocenters. The molecule has 5 nitrogen and oxygen atoms in total. The molecule has 1 heterocycles. The number of hydrogen-bond donors (Lipinski definition) is 0. The van der Waals surface area contributed by atoms with Crippen molar-refractivity contribution in [3.05, 3.63) is 90.0 Å². The maximum absolute atomic E-state index is 13.1. The molecule has 1 fully saturated rings. The van der Waals surface area contributed by atoms with Gasteiger partial charge in [0.2, 0.25) is 5.91 Å². The second kappa shape index (κ2) is 9.14. The van der Waals surface area contributed by atoms with Crippen molar-refractivity contribution in [1.29, 1.82) is 0 Å². The van der Waals surface area contributed by atoms with Crippen LogP contribution in [-0.2, 0) is 16.1 Å². The van der Waals surface area contributed by atoms with Gasteiger partial charge in [0, 0.05) is 25.3 Å². The Labute approximate surface area is 182 Å². The van der Waals surface area contributed by atoms with Gasteiger partial charge in [0.25, 0.3) is 0 Å². The average Bonchev–Trinajstić information content (AvgIpc) is 2.83. The standard InChI is InChI=1S/C26H26N2O3/c1-19-25(29)28(24-14-12-22(13-15-24)21-6-4-3-5-7-21)17-16-27(19)18-20-8-10-23(11-9-20)26(30)31-2/h3-15,19H,16-18H2,1-2H3. The van der Waals surface area contributed by atoms with Gasteiger partial charge in [-0.3, -0.25) is 9.69 Å². The Morgan fingerprint density at radius 3 is 2.19 bits per heavy atom. The molecule has 1 aliphatic heterocycles. The van der Waals surface area contributed by atoms with Gasteiger partial charge in [-0.05, 0) is 47.9 Å². The van der Waals surface area contributed by atoms with Gasteiger partial charge < -0.3 is 9.64 Å². The molecule has 1 atom stereocenters. The molecular formula is C26H26N2O3. The summed E-state index contributed by atoms with van der Waals surface area (Å²) in [4.78, 5) is 28.7. The van der Waals surface area contributed by atoms with Gasteiger partial charge in [0.05, 0.1) is 18.7 Å². The maximum atomic E-state index is 13.1. The van der Waals surface area contributed by atoms with Crippen molar-refractivity contribution in [1.82, 2.24) is 4.90 Å². The summed E-state index contributed by atoms with van der Waals surface area (Å²) in [5.41, 5.74) is 4.82. The van der Waals surface area contributed by atoms with Gasteiger partial charge in [-0.25, -0.2) is 4.79 Å². The normalized spacial score (nSPS) is 16.9. The van der Waals surface area contributed by atoms with Crippen molar-refractivity contribution < 1.29 is 14.3 Å². The summed E-state index contributed by atoms with van der Waals surface area (Å²) < 4.78 is 4.74. The summed E-state index contributed by atoms with van der Waals surface area (Å²) in [7, 11) is 1.37. The fourth-order valence-corrected chi connectivity index (χ4v) is 3.95. The predicted molar refractivity (Wildman–Crippen MR) is 122 cm³/mol. The summed E-state index contributed by atoms with van der Waals surface area (Å²) in [6, 6.07) is 25.5. The van der Waals surface area contributed by atoms with Crippen molar-refractivity contribution in [2.75, 3.05) is 25.1 Å². The summed E-state index contributed by atoms with van der Waals surface area (Å²) in [5, 5.41) is 0. The molecule has 3 aromatic carbocycles. The van der Waals surface area contributed by atoms with Gasteiger partial charge in [-0.1, -0.05) is 54.6 Å². The number of ether oxygens (including phenoxy) is 1. The Hall–Kier alpha value is -3.44. The van der Waals surface area contributed by atoms with Crippen LogP contribution in [-0.4, -0.2) is 43.0 Å². The number of esters is 1. The number of anilines is 1. The predicted octanol–water partition coefficient (Wildman–Crippen LogP) is 4.38. The van der Waals surface area contributed by atoms with E-state index in [2.05, 4.69) is 29.2 Å². The fraction of sp³-hybridized carbons (Fsp3) is 0.231. The maximum Gasteiger partial charge on any atom is 0.337 e. The van der Waals surface area contributed by atoms with E-state index in [9.17, 15) is 9.59 Å². The van der Waals surface area contributed by atoms with Crippen LogP contribution in [0.1, 0.15) is 22.8 Å². The Morgan fingerprint density at radius 2 is 1.55 bits per heavy atom. The Bertz CT molecular complexity index is 1050. The van der Waals surface area contributed by atoms with Crippen molar-refractivity contribution in [3.8, 4) is 11.1 Å². The van der Waals surface area contributed by atoms with Crippen LogP contribution in [0, 0.1) is 0 Å². The molecule has 3 aromatic rings. The number of rotatable bonds is 5. The number of benzene rings is 3. The second-order valence-corrected chi connectivity index (χ2v) is 7.74. The highest BCUT2D eigenvalue weighted by molar-refractivity contribution is 5.98. The summed E-state index contributed by atoms with van der Waals surface area (Å²) in [6.07, 6.45) is 0. The van der Waals surface area contributed by atoms with Gasteiger partial charge in [0.15, 0.2) is 0 Å². The highest BCUT2D eigenvalue weighted by Gasteiger charge is 2.32. The topological polar surface area (TPSA) is 49.9 Å². The van der Waals surface area contributed by atoms with Crippen LogP contribution in [0.25, 0.3) is 11.1 Å². The largest absolute Gasteiger partial charge is 0.465 e. The van der Waals surface area contributed by atoms with Crippen LogP contribution in [0.5, 0.6) is 0 Å². The summed E-state index contributed by atoms with van der Waals surface area (Å²) in [5.74, 6) is -0.244. The molecule has 0 bridgehead atoms. The third kappa shape index (κ3) is 4.52. The minimum Gasteiger partial charge on any atom is -0.465 e. The molecule has 0 aromatic heterocycles. The lowest BCUT2D eigenvalue weighted by Gasteiger charge is -2.39. The van der Waals surface area contributed by atoms with E-state index < -0.39 is 0 Å². The van der Waals surface area contributed by atoms with Crippen molar-refractivity contribution in [3.63, 3.8) is 0 Å². The fourth-order valence-electron chi connectivity index (χ4n) is 3.95. The lowest BCUT2D eigenvalue weighted by atomic mass is 10.0. The third-order valence-corrected chi connectivity index (χ3v) is 5.83. The van der Waals surface area contributed by atoms with Gasteiger partial charge >= 0.3 is 5.97 Å². The van der Waals surface area contributed by atoms with E-state index in [4.69, 9.17) is 4.74 Å². The van der Waals surface area contributed by atoms with Crippen LogP contribution >= 0.6 is 0 Å². The molecule has 158 valence electrons. The van der Waals surface area contributed by atoms with Crippen LogP contribution in [0.15, 0.2) is 78.9 Å². The molecule has 0 saturated carbocycles. The number of nitrogens with zero attached hydrogens (tertiary/aromatic N) is 2. The first kappa shape index (κ1) is 20.8. The molecule has 31 heavy (non-hydrogen) atoms. The number of methoxy groups -OCH3 is 1. The number of hydrogen-bond acceptors (Lipinski definition) is 4.